The van der Waals surface area contributed by atoms with Gasteiger partial charge in [0, 0.05) is 16.7 Å². The molecule has 29 heavy (non-hydrogen) atoms. The molecule has 0 saturated carbocycles. The van der Waals surface area contributed by atoms with E-state index in [0.29, 0.717) is 6.92 Å². The first-order valence-corrected chi connectivity index (χ1v) is 6.83. The van der Waals surface area contributed by atoms with E-state index >= 15 is 0 Å². The summed E-state index contributed by atoms with van der Waals surface area (Å²) in [5.74, 6) is -28.3. The van der Waals surface area contributed by atoms with Crippen molar-refractivity contribution in [3.8, 4) is 0 Å². The smallest absolute Gasteiger partial charge is 0.295 e. The second kappa shape index (κ2) is 6.72. The molecule has 0 saturated heterocycles. The number of alkyl halides is 14. The van der Waals surface area contributed by atoms with Crippen LogP contribution >= 0.6 is 0 Å². The number of hydrogen-bond donors (Lipinski definition) is 0. The average Bonchev–Trinajstić information content (AvgIpc) is 2.51. The molecule has 0 aliphatic heterocycles. The molecule has 1 aromatic rings. The van der Waals surface area contributed by atoms with Crippen LogP contribution in [0.5, 0.6) is 0 Å². The molecule has 0 bridgehead atoms. The molecule has 0 atom stereocenters. The third-order valence-corrected chi connectivity index (χ3v) is 3.57. The molecule has 0 amide bonds. The van der Waals surface area contributed by atoms with E-state index in [9.17, 15) is 66.3 Å². The highest BCUT2D eigenvalue weighted by Gasteiger charge is 2.75. The van der Waals surface area contributed by atoms with Gasteiger partial charge in [0.15, 0.2) is 5.78 Å². The van der Waals surface area contributed by atoms with Gasteiger partial charge in [0.05, 0.1) is 0 Å². The largest absolute Gasteiger partial charge is 0.460 e. The highest BCUT2D eigenvalue weighted by molar-refractivity contribution is 5.94. The first kappa shape index (κ1) is 24.9. The molecular weight excluding hydrogens is 450 g/mol. The number of hydrogen-bond acceptors (Lipinski definition) is 1. The van der Waals surface area contributed by atoms with E-state index < -0.39 is 76.7 Å². The lowest BCUT2D eigenvalue weighted by Gasteiger charge is -2.31. The molecule has 0 aliphatic rings. The van der Waals surface area contributed by atoms with Crippen LogP contribution in [-0.2, 0) is 11.8 Å². The van der Waals surface area contributed by atoms with Gasteiger partial charge in [-0.1, -0.05) is 0 Å². The number of halogens is 14. The Labute approximate surface area is 151 Å². The second-order valence-electron chi connectivity index (χ2n) is 5.65. The number of carbonyl (C=O) groups excluding carboxylic acids is 1. The van der Waals surface area contributed by atoms with Gasteiger partial charge in [-0.05, 0) is 25.1 Å². The molecule has 0 radical (unpaired) electrons. The molecule has 1 aromatic carbocycles. The van der Waals surface area contributed by atoms with Gasteiger partial charge in [0.2, 0.25) is 0 Å². The normalized spacial score (nSPS) is 14.9. The molecule has 0 aliphatic carbocycles. The average molecular weight is 456 g/mol. The first-order chi connectivity index (χ1) is 12.5. The van der Waals surface area contributed by atoms with Gasteiger partial charge in [-0.25, -0.2) is 0 Å². The Balaban J connectivity index is 3.85. The van der Waals surface area contributed by atoms with E-state index in [1.807, 2.05) is 0 Å². The molecule has 0 heterocycles. The highest BCUT2D eigenvalue weighted by atomic mass is 19.4. The van der Waals surface area contributed by atoms with Crippen molar-refractivity contribution in [1.82, 2.24) is 0 Å². The van der Waals surface area contributed by atoms with Crippen LogP contribution in [0, 0.1) is 0 Å². The lowest BCUT2D eigenvalue weighted by atomic mass is 9.91. The highest BCUT2D eigenvalue weighted by Crippen LogP contribution is 2.55. The Morgan fingerprint density at radius 2 is 0.862 bits per heavy atom. The van der Waals surface area contributed by atoms with E-state index in [-0.39, 0.29) is 0 Å². The van der Waals surface area contributed by atoms with Gasteiger partial charge in [0.1, 0.15) is 0 Å². The lowest BCUT2D eigenvalue weighted by Crippen LogP contribution is -2.51. The first-order valence-electron chi connectivity index (χ1n) is 6.83. The summed E-state index contributed by atoms with van der Waals surface area (Å²) in [5, 5.41) is 0. The van der Waals surface area contributed by atoms with E-state index in [2.05, 4.69) is 0 Å². The number of ketones is 1. The fraction of sp³-hybridized carbons (Fsp3) is 0.500. The van der Waals surface area contributed by atoms with Crippen LogP contribution in [0.1, 0.15) is 28.4 Å². The molecule has 15 heteroatoms. The van der Waals surface area contributed by atoms with Gasteiger partial charge >= 0.3 is 36.0 Å². The summed E-state index contributed by atoms with van der Waals surface area (Å²) < 4.78 is 181. The Morgan fingerprint density at radius 3 is 1.07 bits per heavy atom. The fourth-order valence-electron chi connectivity index (χ4n) is 1.91. The Kier molecular flexibility index (Phi) is 5.78. The van der Waals surface area contributed by atoms with Crippen LogP contribution in [0.15, 0.2) is 18.2 Å². The lowest BCUT2D eigenvalue weighted by molar-refractivity contribution is -0.361. The molecule has 166 valence electrons. The number of benzene rings is 1. The summed E-state index contributed by atoms with van der Waals surface area (Å²) >= 11 is 0. The third kappa shape index (κ3) is 3.86. The summed E-state index contributed by atoms with van der Waals surface area (Å²) in [6.07, 6.45) is -13.9. The standard InChI is InChI=1S/C14H6F14O/c1-5(29)6-2-7(9(15,16)11(19,20)13(23,24)25)4-8(3-6)10(17,18)12(21,22)14(26,27)28/h2-4H,1H3. The van der Waals surface area contributed by atoms with E-state index in [1.54, 1.807) is 0 Å². The summed E-state index contributed by atoms with van der Waals surface area (Å²) in [7, 11) is 0. The Hall–Kier alpha value is -2.09. The minimum Gasteiger partial charge on any atom is -0.295 e. The van der Waals surface area contributed by atoms with Crippen LogP contribution in [0.2, 0.25) is 0 Å². The van der Waals surface area contributed by atoms with Gasteiger partial charge in [0.25, 0.3) is 0 Å². The van der Waals surface area contributed by atoms with Crippen molar-refractivity contribution in [3.05, 3.63) is 34.9 Å². The predicted octanol–water partition coefficient (Wildman–Crippen LogP) is 6.47. The summed E-state index contributed by atoms with van der Waals surface area (Å²) in [6.45, 7) is 0.378. The summed E-state index contributed by atoms with van der Waals surface area (Å²) in [5.41, 5.74) is -6.98. The third-order valence-electron chi connectivity index (χ3n) is 3.57. The Morgan fingerprint density at radius 1 is 0.586 bits per heavy atom. The van der Waals surface area contributed by atoms with Crippen molar-refractivity contribution in [2.45, 2.75) is 43.0 Å². The van der Waals surface area contributed by atoms with Crippen molar-refractivity contribution < 1.29 is 66.3 Å². The molecule has 1 rings (SSSR count). The van der Waals surface area contributed by atoms with Crippen molar-refractivity contribution in [2.24, 2.45) is 0 Å². The van der Waals surface area contributed by atoms with Gasteiger partial charge in [-0.2, -0.15) is 61.5 Å². The number of rotatable bonds is 5. The number of Topliss-reactive ketones (excluding diaryl/α,β-unsaturated/α-hetero) is 1. The molecule has 0 fully saturated rings. The maximum atomic E-state index is 13.7. The number of carbonyl (C=O) groups is 1. The zero-order chi connectivity index (χ0) is 23.4. The molecular formula is C14H6F14O. The summed E-state index contributed by atoms with van der Waals surface area (Å²) in [6, 6.07) is -1.98. The van der Waals surface area contributed by atoms with E-state index in [0.717, 1.165) is 0 Å². The van der Waals surface area contributed by atoms with Crippen LogP contribution in [-0.4, -0.2) is 30.0 Å². The zero-order valence-electron chi connectivity index (χ0n) is 13.4. The maximum absolute atomic E-state index is 13.7. The Bertz CT molecular complexity index is 730. The topological polar surface area (TPSA) is 17.1 Å². The van der Waals surface area contributed by atoms with Crippen LogP contribution in [0.25, 0.3) is 0 Å². The maximum Gasteiger partial charge on any atom is 0.460 e. The molecule has 0 unspecified atom stereocenters. The predicted molar refractivity (Wildman–Crippen MR) is 66.2 cm³/mol. The monoisotopic (exact) mass is 456 g/mol. The minimum atomic E-state index is -6.97. The minimum absolute atomic E-state index is 0.378. The quantitative estimate of drug-likeness (QED) is 0.367. The second-order valence-corrected chi connectivity index (χ2v) is 5.65. The van der Waals surface area contributed by atoms with E-state index in [1.165, 1.54) is 0 Å². The summed E-state index contributed by atoms with van der Waals surface area (Å²) in [4.78, 5) is 11.2. The fourth-order valence-corrected chi connectivity index (χ4v) is 1.91. The van der Waals surface area contributed by atoms with Crippen LogP contribution < -0.4 is 0 Å². The van der Waals surface area contributed by atoms with Crippen molar-refractivity contribution in [1.29, 1.82) is 0 Å². The molecule has 1 nitrogen and oxygen atoms in total. The van der Waals surface area contributed by atoms with Crippen molar-refractivity contribution in [3.63, 3.8) is 0 Å². The van der Waals surface area contributed by atoms with Gasteiger partial charge < -0.3 is 0 Å². The van der Waals surface area contributed by atoms with Crippen LogP contribution in [0.3, 0.4) is 0 Å². The van der Waals surface area contributed by atoms with Crippen molar-refractivity contribution in [2.75, 3.05) is 0 Å². The van der Waals surface area contributed by atoms with Gasteiger partial charge in [-0.3, -0.25) is 4.79 Å². The zero-order valence-corrected chi connectivity index (χ0v) is 13.4. The van der Waals surface area contributed by atoms with Crippen LogP contribution in [0.4, 0.5) is 61.5 Å². The molecule has 0 N–H and O–H groups in total. The molecule has 0 spiro atoms. The van der Waals surface area contributed by atoms with Gasteiger partial charge in [-0.15, -0.1) is 0 Å². The molecule has 0 aromatic heterocycles. The SMILES string of the molecule is CC(=O)c1cc(C(F)(F)C(F)(F)C(F)(F)F)cc(C(F)(F)C(F)(F)C(F)(F)F)c1. The van der Waals surface area contributed by atoms with E-state index in [4.69, 9.17) is 0 Å². The van der Waals surface area contributed by atoms with Crippen molar-refractivity contribution >= 4 is 5.78 Å².